The van der Waals surface area contributed by atoms with Gasteiger partial charge >= 0.3 is 0 Å². The molecule has 0 aliphatic carbocycles. The summed E-state index contributed by atoms with van der Waals surface area (Å²) in [5.41, 5.74) is 2.61. The number of aromatic nitrogens is 3. The Morgan fingerprint density at radius 1 is 1.40 bits per heavy atom. The van der Waals surface area contributed by atoms with Crippen LogP contribution in [0.4, 0.5) is 0 Å². The molecule has 0 aliphatic rings. The predicted molar refractivity (Wildman–Crippen MR) is 59.2 cm³/mol. The van der Waals surface area contributed by atoms with Gasteiger partial charge in [0.15, 0.2) is 5.65 Å². The van der Waals surface area contributed by atoms with Crippen molar-refractivity contribution in [3.8, 4) is 0 Å². The van der Waals surface area contributed by atoms with Crippen LogP contribution in [0, 0.1) is 0 Å². The van der Waals surface area contributed by atoms with E-state index in [9.17, 15) is 4.79 Å². The predicted octanol–water partition coefficient (Wildman–Crippen LogP) is 1.54. The minimum atomic E-state index is -0.0285. The maximum absolute atomic E-state index is 11.7. The molecule has 0 atom stereocenters. The van der Waals surface area contributed by atoms with Crippen molar-refractivity contribution in [2.75, 3.05) is 0 Å². The number of rotatable bonds is 3. The highest BCUT2D eigenvalue weighted by Crippen LogP contribution is 2.05. The van der Waals surface area contributed by atoms with Crippen molar-refractivity contribution in [1.82, 2.24) is 14.6 Å². The van der Waals surface area contributed by atoms with Crippen molar-refractivity contribution in [3.63, 3.8) is 0 Å². The van der Waals surface area contributed by atoms with Gasteiger partial charge in [0.2, 0.25) is 0 Å². The summed E-state index contributed by atoms with van der Waals surface area (Å²) in [5, 5.41) is 3.06. The molecule has 0 amide bonds. The maximum atomic E-state index is 11.7. The maximum Gasteiger partial charge on any atom is 0.272 e. The van der Waals surface area contributed by atoms with E-state index in [-0.39, 0.29) is 5.56 Å². The second-order valence-electron chi connectivity index (χ2n) is 3.66. The van der Waals surface area contributed by atoms with Crippen molar-refractivity contribution in [1.29, 1.82) is 0 Å². The van der Waals surface area contributed by atoms with E-state index < -0.39 is 0 Å². The molecule has 0 saturated heterocycles. The molecule has 0 unspecified atom stereocenters. The SMILES string of the molecule is CCCc1cc2nc(CC)cc(=O)n2[nH]1. The summed E-state index contributed by atoms with van der Waals surface area (Å²) in [6.07, 6.45) is 2.80. The first kappa shape index (κ1) is 9.96. The quantitative estimate of drug-likeness (QED) is 0.826. The van der Waals surface area contributed by atoms with Crippen molar-refractivity contribution in [2.45, 2.75) is 33.1 Å². The van der Waals surface area contributed by atoms with Crippen LogP contribution in [-0.4, -0.2) is 14.6 Å². The summed E-state index contributed by atoms with van der Waals surface area (Å²) in [4.78, 5) is 16.1. The second kappa shape index (κ2) is 3.88. The van der Waals surface area contributed by atoms with E-state index in [0.29, 0.717) is 0 Å². The van der Waals surface area contributed by atoms with Crippen LogP contribution in [-0.2, 0) is 12.8 Å². The van der Waals surface area contributed by atoms with Crippen LogP contribution in [0.3, 0.4) is 0 Å². The molecule has 1 N–H and O–H groups in total. The Kier molecular flexibility index (Phi) is 2.58. The normalized spacial score (nSPS) is 11.1. The lowest BCUT2D eigenvalue weighted by Crippen LogP contribution is -2.15. The number of fused-ring (bicyclic) bond motifs is 1. The Morgan fingerprint density at radius 3 is 2.87 bits per heavy atom. The number of nitrogens with one attached hydrogen (secondary N) is 1. The lowest BCUT2D eigenvalue weighted by Gasteiger charge is -1.95. The van der Waals surface area contributed by atoms with Gasteiger partial charge in [-0.3, -0.25) is 9.89 Å². The van der Waals surface area contributed by atoms with E-state index in [4.69, 9.17) is 0 Å². The minimum absolute atomic E-state index is 0.0285. The molecular formula is C11H15N3O. The van der Waals surface area contributed by atoms with Gasteiger partial charge in [-0.15, -0.1) is 0 Å². The number of H-pyrrole nitrogens is 1. The Balaban J connectivity index is 2.59. The van der Waals surface area contributed by atoms with Gasteiger partial charge in [-0.25, -0.2) is 9.50 Å². The summed E-state index contributed by atoms with van der Waals surface area (Å²) in [6.45, 7) is 4.11. The zero-order valence-corrected chi connectivity index (χ0v) is 9.08. The van der Waals surface area contributed by atoms with Crippen LogP contribution in [0.5, 0.6) is 0 Å². The fourth-order valence-electron chi connectivity index (χ4n) is 1.67. The average Bonchev–Trinajstić information content (AvgIpc) is 2.61. The molecule has 4 nitrogen and oxygen atoms in total. The first-order valence-electron chi connectivity index (χ1n) is 5.35. The molecule has 2 aromatic rings. The van der Waals surface area contributed by atoms with Crippen LogP contribution in [0.2, 0.25) is 0 Å². The molecule has 0 spiro atoms. The fraction of sp³-hybridized carbons (Fsp3) is 0.455. The Bertz CT molecular complexity index is 524. The summed E-state index contributed by atoms with van der Waals surface area (Å²) >= 11 is 0. The largest absolute Gasteiger partial charge is 0.294 e. The summed E-state index contributed by atoms with van der Waals surface area (Å²) in [5.74, 6) is 0. The van der Waals surface area contributed by atoms with Gasteiger partial charge in [0.05, 0.1) is 0 Å². The summed E-state index contributed by atoms with van der Waals surface area (Å²) < 4.78 is 1.50. The number of hydrogen-bond acceptors (Lipinski definition) is 2. The molecule has 2 heterocycles. The third-order valence-electron chi connectivity index (χ3n) is 2.44. The van der Waals surface area contributed by atoms with Gasteiger partial charge in [-0.1, -0.05) is 20.3 Å². The topological polar surface area (TPSA) is 50.2 Å². The number of aryl methyl sites for hydroxylation is 2. The van der Waals surface area contributed by atoms with E-state index in [2.05, 4.69) is 17.0 Å². The molecule has 2 rings (SSSR count). The van der Waals surface area contributed by atoms with E-state index in [0.717, 1.165) is 36.3 Å². The van der Waals surface area contributed by atoms with E-state index in [1.807, 2.05) is 13.0 Å². The molecule has 2 aromatic heterocycles. The lowest BCUT2D eigenvalue weighted by molar-refractivity contribution is 0.812. The third kappa shape index (κ3) is 1.79. The minimum Gasteiger partial charge on any atom is -0.294 e. The highest BCUT2D eigenvalue weighted by atomic mass is 16.1. The second-order valence-corrected chi connectivity index (χ2v) is 3.66. The van der Waals surface area contributed by atoms with Crippen molar-refractivity contribution < 1.29 is 0 Å². The molecule has 15 heavy (non-hydrogen) atoms. The number of aromatic amines is 1. The molecule has 0 fully saturated rings. The lowest BCUT2D eigenvalue weighted by atomic mass is 10.2. The molecule has 0 aromatic carbocycles. The average molecular weight is 205 g/mol. The zero-order chi connectivity index (χ0) is 10.8. The molecule has 0 saturated carbocycles. The molecule has 4 heteroatoms. The molecule has 0 bridgehead atoms. The smallest absolute Gasteiger partial charge is 0.272 e. The zero-order valence-electron chi connectivity index (χ0n) is 9.08. The molecule has 0 radical (unpaired) electrons. The van der Waals surface area contributed by atoms with Gasteiger partial charge in [0, 0.05) is 23.5 Å². The molecule has 80 valence electrons. The van der Waals surface area contributed by atoms with Gasteiger partial charge < -0.3 is 0 Å². The molecule has 0 aliphatic heterocycles. The highest BCUT2D eigenvalue weighted by molar-refractivity contribution is 5.39. The van der Waals surface area contributed by atoms with Crippen LogP contribution in [0.15, 0.2) is 16.9 Å². The highest BCUT2D eigenvalue weighted by Gasteiger charge is 2.04. The number of nitrogens with zero attached hydrogens (tertiary/aromatic N) is 2. The third-order valence-corrected chi connectivity index (χ3v) is 2.44. The molecular weight excluding hydrogens is 190 g/mol. The van der Waals surface area contributed by atoms with Crippen LogP contribution < -0.4 is 5.56 Å². The van der Waals surface area contributed by atoms with Crippen LogP contribution >= 0.6 is 0 Å². The monoisotopic (exact) mass is 205 g/mol. The Labute approximate surface area is 87.9 Å². The summed E-state index contributed by atoms with van der Waals surface area (Å²) in [7, 11) is 0. The van der Waals surface area contributed by atoms with Gasteiger partial charge in [0.1, 0.15) is 0 Å². The van der Waals surface area contributed by atoms with E-state index in [1.54, 1.807) is 6.07 Å². The number of hydrogen-bond donors (Lipinski definition) is 1. The van der Waals surface area contributed by atoms with Crippen molar-refractivity contribution in [3.05, 3.63) is 33.9 Å². The van der Waals surface area contributed by atoms with E-state index >= 15 is 0 Å². The Hall–Kier alpha value is -1.58. The van der Waals surface area contributed by atoms with Crippen LogP contribution in [0.1, 0.15) is 31.7 Å². The standard InChI is InChI=1S/C11H15N3O/c1-3-5-9-6-10-12-8(4-2)7-11(15)14(10)13-9/h6-7,13H,3-5H2,1-2H3. The first-order valence-corrected chi connectivity index (χ1v) is 5.35. The van der Waals surface area contributed by atoms with Crippen molar-refractivity contribution >= 4 is 5.65 Å². The summed E-state index contributed by atoms with van der Waals surface area (Å²) in [6, 6.07) is 3.53. The Morgan fingerprint density at radius 2 is 2.20 bits per heavy atom. The van der Waals surface area contributed by atoms with Gasteiger partial charge in [-0.2, -0.15) is 0 Å². The van der Waals surface area contributed by atoms with Crippen LogP contribution in [0.25, 0.3) is 5.65 Å². The van der Waals surface area contributed by atoms with E-state index in [1.165, 1.54) is 4.52 Å². The van der Waals surface area contributed by atoms with Gasteiger partial charge in [0.25, 0.3) is 5.56 Å². The van der Waals surface area contributed by atoms with Gasteiger partial charge in [-0.05, 0) is 12.8 Å². The van der Waals surface area contributed by atoms with Crippen molar-refractivity contribution in [2.24, 2.45) is 0 Å². The first-order chi connectivity index (χ1) is 7.24. The fourth-order valence-corrected chi connectivity index (χ4v) is 1.67.